The Kier molecular flexibility index (Phi) is 7.18. The van der Waals surface area contributed by atoms with Gasteiger partial charge in [-0.3, -0.25) is 4.90 Å². The summed E-state index contributed by atoms with van der Waals surface area (Å²) >= 11 is 0. The van der Waals surface area contributed by atoms with Crippen LogP contribution in [0.25, 0.3) is 0 Å². The number of rotatable bonds is 5. The summed E-state index contributed by atoms with van der Waals surface area (Å²) in [7, 11) is -3.79. The lowest BCUT2D eigenvalue weighted by Crippen LogP contribution is -2.48. The molecule has 8 nitrogen and oxygen atoms in total. The molecule has 33 heavy (non-hydrogen) atoms. The van der Waals surface area contributed by atoms with Gasteiger partial charge in [-0.1, -0.05) is 18.1 Å². The van der Waals surface area contributed by atoms with Crippen molar-refractivity contribution in [1.82, 2.24) is 9.88 Å². The fourth-order valence-corrected chi connectivity index (χ4v) is 4.17. The van der Waals surface area contributed by atoms with E-state index in [0.29, 0.717) is 31.9 Å². The van der Waals surface area contributed by atoms with Gasteiger partial charge in [0.1, 0.15) is 5.82 Å². The number of aliphatic hydroxyl groups is 1. The molecule has 1 aromatic heterocycles. The van der Waals surface area contributed by atoms with Crippen molar-refractivity contribution in [2.24, 2.45) is 5.73 Å². The third-order valence-corrected chi connectivity index (χ3v) is 6.70. The van der Waals surface area contributed by atoms with Gasteiger partial charge >= 0.3 is 6.18 Å². The van der Waals surface area contributed by atoms with Crippen LogP contribution in [0.1, 0.15) is 5.56 Å². The molecule has 0 spiro atoms. The number of piperazine rings is 1. The van der Waals surface area contributed by atoms with Crippen molar-refractivity contribution < 1.29 is 26.7 Å². The minimum Gasteiger partial charge on any atom is -0.384 e. The SMILES string of the molecule is NCC(O)(c1ccc(N2CCN(CC#CS(=O)(=O)c3ccc(N)nc3)CC2)cc1)C(F)(F)F. The molecular weight excluding hydrogens is 459 g/mol. The summed E-state index contributed by atoms with van der Waals surface area (Å²) in [5.41, 5.74) is 7.95. The van der Waals surface area contributed by atoms with Crippen LogP contribution in [0, 0.1) is 11.2 Å². The number of halogens is 3. The molecule has 0 saturated carbocycles. The van der Waals surface area contributed by atoms with Crippen molar-refractivity contribution >= 4 is 21.3 Å². The van der Waals surface area contributed by atoms with Crippen molar-refractivity contribution in [2.75, 3.05) is 49.9 Å². The van der Waals surface area contributed by atoms with Gasteiger partial charge in [0.15, 0.2) is 5.60 Å². The molecule has 0 amide bonds. The summed E-state index contributed by atoms with van der Waals surface area (Å²) in [6.07, 6.45) is -3.72. The van der Waals surface area contributed by atoms with Crippen molar-refractivity contribution in [2.45, 2.75) is 16.7 Å². The topological polar surface area (TPSA) is 126 Å². The molecule has 5 N–H and O–H groups in total. The quantitative estimate of drug-likeness (QED) is 0.424. The molecule has 0 radical (unpaired) electrons. The first-order valence-corrected chi connectivity index (χ1v) is 11.5. The van der Waals surface area contributed by atoms with Crippen LogP contribution in [0.4, 0.5) is 24.7 Å². The van der Waals surface area contributed by atoms with Crippen molar-refractivity contribution in [3.63, 3.8) is 0 Å². The maximum atomic E-state index is 13.2. The second-order valence-corrected chi connectivity index (χ2v) is 9.26. The number of pyridine rings is 1. The highest BCUT2D eigenvalue weighted by Gasteiger charge is 2.54. The van der Waals surface area contributed by atoms with Gasteiger partial charge in [0, 0.05) is 49.9 Å². The highest BCUT2D eigenvalue weighted by molar-refractivity contribution is 7.96. The molecule has 1 saturated heterocycles. The second kappa shape index (κ2) is 9.56. The largest absolute Gasteiger partial charge is 0.422 e. The van der Waals surface area contributed by atoms with E-state index < -0.39 is 28.2 Å². The number of sulfone groups is 1. The lowest BCUT2D eigenvalue weighted by molar-refractivity contribution is -0.262. The average Bonchev–Trinajstić information content (AvgIpc) is 2.78. The molecule has 2 heterocycles. The molecule has 0 bridgehead atoms. The van der Waals surface area contributed by atoms with Gasteiger partial charge in [-0.05, 0) is 29.8 Å². The first kappa shape index (κ1) is 24.8. The molecule has 1 aliphatic heterocycles. The van der Waals surface area contributed by atoms with Crippen LogP contribution in [0.5, 0.6) is 0 Å². The fourth-order valence-electron chi connectivity index (χ4n) is 3.36. The molecule has 12 heteroatoms. The van der Waals surface area contributed by atoms with Gasteiger partial charge in [0.05, 0.1) is 11.4 Å². The van der Waals surface area contributed by atoms with Gasteiger partial charge in [-0.15, -0.1) is 0 Å². The maximum Gasteiger partial charge on any atom is 0.422 e. The van der Waals surface area contributed by atoms with E-state index in [1.54, 1.807) is 0 Å². The number of benzene rings is 1. The van der Waals surface area contributed by atoms with E-state index in [4.69, 9.17) is 11.5 Å². The number of alkyl halides is 3. The van der Waals surface area contributed by atoms with E-state index in [2.05, 4.69) is 16.2 Å². The van der Waals surface area contributed by atoms with Gasteiger partial charge in [-0.2, -0.15) is 13.2 Å². The molecule has 1 aromatic carbocycles. The van der Waals surface area contributed by atoms with E-state index in [-0.39, 0.29) is 22.8 Å². The Labute approximate surface area is 189 Å². The molecule has 0 aliphatic carbocycles. The average molecular weight is 484 g/mol. The van der Waals surface area contributed by atoms with Crippen LogP contribution in [0.2, 0.25) is 0 Å². The summed E-state index contributed by atoms with van der Waals surface area (Å²) in [5.74, 6) is 2.88. The predicted molar refractivity (Wildman–Crippen MR) is 118 cm³/mol. The lowest BCUT2D eigenvalue weighted by Gasteiger charge is -2.35. The fraction of sp³-hybridized carbons (Fsp3) is 0.381. The van der Waals surface area contributed by atoms with E-state index in [1.807, 2.05) is 9.80 Å². The Bertz CT molecular complexity index is 1120. The normalized spacial score (nSPS) is 17.2. The molecule has 1 unspecified atom stereocenters. The number of aromatic nitrogens is 1. The molecule has 1 aliphatic rings. The first-order chi connectivity index (χ1) is 15.5. The van der Waals surface area contributed by atoms with Crippen LogP contribution < -0.4 is 16.4 Å². The van der Waals surface area contributed by atoms with Gasteiger partial charge < -0.3 is 21.5 Å². The van der Waals surface area contributed by atoms with Crippen LogP contribution in [-0.2, 0) is 15.4 Å². The van der Waals surface area contributed by atoms with Gasteiger partial charge in [0.25, 0.3) is 0 Å². The zero-order valence-corrected chi connectivity index (χ0v) is 18.4. The Morgan fingerprint density at radius 3 is 2.21 bits per heavy atom. The Morgan fingerprint density at radius 1 is 1.06 bits per heavy atom. The third-order valence-electron chi connectivity index (χ3n) is 5.43. The Hall–Kier alpha value is -2.85. The molecule has 1 fully saturated rings. The summed E-state index contributed by atoms with van der Waals surface area (Å²) in [6, 6.07) is 8.23. The first-order valence-electron chi connectivity index (χ1n) is 9.99. The van der Waals surface area contributed by atoms with Gasteiger partial charge in [-0.25, -0.2) is 13.4 Å². The summed E-state index contributed by atoms with van der Waals surface area (Å²) in [6.45, 7) is 1.63. The molecule has 2 aromatic rings. The van der Waals surface area contributed by atoms with Crippen LogP contribution >= 0.6 is 0 Å². The highest BCUT2D eigenvalue weighted by Crippen LogP contribution is 2.38. The number of hydrogen-bond donors (Lipinski definition) is 3. The van der Waals surface area contributed by atoms with Crippen LogP contribution in [-0.4, -0.2) is 68.9 Å². The second-order valence-electron chi connectivity index (χ2n) is 7.57. The molecular formula is C21H24F3N5O3S. The number of nitrogen functional groups attached to an aromatic ring is 1. The van der Waals surface area contributed by atoms with E-state index in [1.165, 1.54) is 36.4 Å². The zero-order chi connectivity index (χ0) is 24.3. The molecule has 3 rings (SSSR count). The summed E-state index contributed by atoms with van der Waals surface area (Å²) in [5, 5.41) is 12.2. The van der Waals surface area contributed by atoms with Crippen molar-refractivity contribution in [3.8, 4) is 11.2 Å². The smallest absolute Gasteiger partial charge is 0.384 e. The molecule has 178 valence electrons. The number of hydrogen-bond acceptors (Lipinski definition) is 8. The van der Waals surface area contributed by atoms with Crippen LogP contribution in [0.15, 0.2) is 47.5 Å². The highest BCUT2D eigenvalue weighted by atomic mass is 32.2. The van der Waals surface area contributed by atoms with Crippen molar-refractivity contribution in [1.29, 1.82) is 0 Å². The zero-order valence-electron chi connectivity index (χ0n) is 17.6. The van der Waals surface area contributed by atoms with Gasteiger partial charge in [0.2, 0.25) is 9.84 Å². The number of nitrogens with two attached hydrogens (primary N) is 2. The van der Waals surface area contributed by atoms with E-state index >= 15 is 0 Å². The Balaban J connectivity index is 1.57. The molecule has 1 atom stereocenters. The number of anilines is 2. The van der Waals surface area contributed by atoms with Crippen molar-refractivity contribution in [3.05, 3.63) is 48.2 Å². The monoisotopic (exact) mass is 483 g/mol. The third kappa shape index (κ3) is 5.56. The van der Waals surface area contributed by atoms with Crippen LogP contribution in [0.3, 0.4) is 0 Å². The minimum absolute atomic E-state index is 0.0236. The number of nitrogens with zero attached hydrogens (tertiary/aromatic N) is 3. The Morgan fingerprint density at radius 2 is 1.70 bits per heavy atom. The lowest BCUT2D eigenvalue weighted by atomic mass is 9.93. The maximum absolute atomic E-state index is 13.2. The standard InChI is InChI=1S/C21H24F3N5O3S/c22-21(23,24)20(30,15-25)16-2-4-17(5-3-16)29-11-9-28(10-12-29)8-1-13-33(31,32)18-6-7-19(26)27-14-18/h2-7,14,30H,8-12,15,25H2,(H2,26,27). The van der Waals surface area contributed by atoms with E-state index in [9.17, 15) is 26.7 Å². The summed E-state index contributed by atoms with van der Waals surface area (Å²) < 4.78 is 64.0. The minimum atomic E-state index is -4.88. The predicted octanol–water partition coefficient (Wildman–Crippen LogP) is 0.929. The van der Waals surface area contributed by atoms with E-state index in [0.717, 1.165) is 6.20 Å². The summed E-state index contributed by atoms with van der Waals surface area (Å²) in [4.78, 5) is 7.69.